The normalized spacial score (nSPS) is 10.1. The third-order valence-electron chi connectivity index (χ3n) is 3.75. The maximum absolute atomic E-state index is 11.5. The second kappa shape index (κ2) is 8.61. The molecular weight excluding hydrogens is 346 g/mol. The zero-order valence-corrected chi connectivity index (χ0v) is 15.0. The fraction of sp³-hybridized carbons (Fsp3) is 0.158. The Labute approximate surface area is 156 Å². The molecule has 138 valence electrons. The maximum Gasteiger partial charge on any atom is 0.337 e. The van der Waals surface area contributed by atoms with Crippen LogP contribution in [0.25, 0.3) is 0 Å². The Morgan fingerprint density at radius 2 is 1.78 bits per heavy atom. The summed E-state index contributed by atoms with van der Waals surface area (Å²) >= 11 is 0. The molecule has 0 unspecified atom stereocenters. The van der Waals surface area contributed by atoms with Crippen LogP contribution in [0.4, 0.5) is 17.5 Å². The quantitative estimate of drug-likeness (QED) is 0.617. The molecule has 0 saturated heterocycles. The Morgan fingerprint density at radius 3 is 2.44 bits per heavy atom. The molecule has 3 rings (SSSR count). The SMILES string of the molecule is COC(=O)c1ccc(Nc2nncc(NCc3ccc(OC)cc3)n2)cc1. The van der Waals surface area contributed by atoms with Crippen molar-refractivity contribution < 1.29 is 14.3 Å². The number of benzene rings is 2. The van der Waals surface area contributed by atoms with Gasteiger partial charge < -0.3 is 20.1 Å². The molecule has 0 aliphatic carbocycles. The highest BCUT2D eigenvalue weighted by Crippen LogP contribution is 2.16. The fourth-order valence-electron chi connectivity index (χ4n) is 2.31. The van der Waals surface area contributed by atoms with E-state index in [1.54, 1.807) is 37.6 Å². The molecule has 8 nitrogen and oxygen atoms in total. The lowest BCUT2D eigenvalue weighted by Crippen LogP contribution is -2.06. The molecule has 0 radical (unpaired) electrons. The van der Waals surface area contributed by atoms with Crippen molar-refractivity contribution in [1.29, 1.82) is 0 Å². The van der Waals surface area contributed by atoms with Crippen molar-refractivity contribution in [2.45, 2.75) is 6.54 Å². The van der Waals surface area contributed by atoms with Crippen LogP contribution in [0, 0.1) is 0 Å². The number of anilines is 3. The van der Waals surface area contributed by atoms with Gasteiger partial charge in [0.1, 0.15) is 5.75 Å². The summed E-state index contributed by atoms with van der Waals surface area (Å²) in [5.41, 5.74) is 2.29. The van der Waals surface area contributed by atoms with Gasteiger partial charge >= 0.3 is 5.97 Å². The molecule has 0 bridgehead atoms. The van der Waals surface area contributed by atoms with Crippen LogP contribution in [0.1, 0.15) is 15.9 Å². The van der Waals surface area contributed by atoms with Gasteiger partial charge in [-0.15, -0.1) is 5.10 Å². The Hall–Kier alpha value is -3.68. The number of nitrogens with one attached hydrogen (secondary N) is 2. The summed E-state index contributed by atoms with van der Waals surface area (Å²) in [7, 11) is 2.98. The Kier molecular flexibility index (Phi) is 5.78. The van der Waals surface area contributed by atoms with E-state index in [9.17, 15) is 4.79 Å². The first-order chi connectivity index (χ1) is 13.2. The molecule has 1 aromatic heterocycles. The Bertz CT molecular complexity index is 898. The van der Waals surface area contributed by atoms with Gasteiger partial charge in [0, 0.05) is 12.2 Å². The van der Waals surface area contributed by atoms with E-state index in [4.69, 9.17) is 4.74 Å². The molecule has 27 heavy (non-hydrogen) atoms. The molecule has 2 N–H and O–H groups in total. The predicted molar refractivity (Wildman–Crippen MR) is 101 cm³/mol. The van der Waals surface area contributed by atoms with Gasteiger partial charge in [-0.05, 0) is 42.0 Å². The van der Waals surface area contributed by atoms with E-state index < -0.39 is 0 Å². The van der Waals surface area contributed by atoms with Crippen molar-refractivity contribution in [3.8, 4) is 5.75 Å². The summed E-state index contributed by atoms with van der Waals surface area (Å²) in [6.07, 6.45) is 1.55. The number of esters is 1. The molecule has 0 aliphatic rings. The number of rotatable bonds is 7. The van der Waals surface area contributed by atoms with E-state index in [1.807, 2.05) is 24.3 Å². The summed E-state index contributed by atoms with van der Waals surface area (Å²) < 4.78 is 9.82. The molecule has 0 saturated carbocycles. The monoisotopic (exact) mass is 365 g/mol. The first-order valence-electron chi connectivity index (χ1n) is 8.20. The van der Waals surface area contributed by atoms with Crippen molar-refractivity contribution in [3.63, 3.8) is 0 Å². The number of carbonyl (C=O) groups is 1. The topological polar surface area (TPSA) is 98.3 Å². The third kappa shape index (κ3) is 4.91. The smallest absolute Gasteiger partial charge is 0.337 e. The van der Waals surface area contributed by atoms with Crippen LogP contribution in [0.5, 0.6) is 5.75 Å². The van der Waals surface area contributed by atoms with Crippen LogP contribution in [0.15, 0.2) is 54.7 Å². The lowest BCUT2D eigenvalue weighted by Gasteiger charge is -2.08. The number of hydrogen-bond donors (Lipinski definition) is 2. The summed E-state index contributed by atoms with van der Waals surface area (Å²) in [5.74, 6) is 1.37. The van der Waals surface area contributed by atoms with Crippen molar-refractivity contribution in [3.05, 3.63) is 65.9 Å². The molecule has 2 aromatic carbocycles. The maximum atomic E-state index is 11.5. The predicted octanol–water partition coefficient (Wildman–Crippen LogP) is 3.02. The lowest BCUT2D eigenvalue weighted by atomic mass is 10.2. The molecule has 0 amide bonds. The average molecular weight is 365 g/mol. The standard InChI is InChI=1S/C19H19N5O3/c1-26-16-9-3-13(4-10-16)11-20-17-12-21-24-19(23-17)22-15-7-5-14(6-8-15)18(25)27-2/h3-10,12H,11H2,1-2H3,(H2,20,22,23,24). The number of ether oxygens (including phenoxy) is 2. The van der Waals surface area contributed by atoms with E-state index in [2.05, 4.69) is 30.6 Å². The highest BCUT2D eigenvalue weighted by atomic mass is 16.5. The number of nitrogens with zero attached hydrogens (tertiary/aromatic N) is 3. The van der Waals surface area contributed by atoms with Crippen molar-refractivity contribution in [2.75, 3.05) is 24.9 Å². The second-order valence-corrected chi connectivity index (χ2v) is 5.56. The van der Waals surface area contributed by atoms with Crippen LogP contribution in [-0.4, -0.2) is 35.4 Å². The molecular formula is C19H19N5O3. The van der Waals surface area contributed by atoms with Crippen LogP contribution in [0.3, 0.4) is 0 Å². The van der Waals surface area contributed by atoms with E-state index in [0.717, 1.165) is 17.0 Å². The number of methoxy groups -OCH3 is 2. The first kappa shape index (κ1) is 18.1. The molecule has 8 heteroatoms. The van der Waals surface area contributed by atoms with Crippen molar-refractivity contribution in [1.82, 2.24) is 15.2 Å². The van der Waals surface area contributed by atoms with Gasteiger partial charge in [0.2, 0.25) is 5.95 Å². The molecule has 3 aromatic rings. The molecule has 0 spiro atoms. The van der Waals surface area contributed by atoms with Gasteiger partial charge in [0.15, 0.2) is 5.82 Å². The first-order valence-corrected chi connectivity index (χ1v) is 8.20. The molecule has 0 aliphatic heterocycles. The number of aromatic nitrogens is 3. The average Bonchev–Trinajstić information content (AvgIpc) is 2.73. The van der Waals surface area contributed by atoms with Crippen LogP contribution < -0.4 is 15.4 Å². The number of hydrogen-bond acceptors (Lipinski definition) is 8. The summed E-state index contributed by atoms with van der Waals surface area (Å²) in [6.45, 7) is 0.593. The highest BCUT2D eigenvalue weighted by molar-refractivity contribution is 5.89. The third-order valence-corrected chi connectivity index (χ3v) is 3.75. The van der Waals surface area contributed by atoms with E-state index in [0.29, 0.717) is 23.9 Å². The van der Waals surface area contributed by atoms with Crippen molar-refractivity contribution in [2.24, 2.45) is 0 Å². The zero-order valence-electron chi connectivity index (χ0n) is 15.0. The summed E-state index contributed by atoms with van der Waals surface area (Å²) in [5, 5.41) is 14.2. The molecule has 0 atom stereocenters. The minimum absolute atomic E-state index is 0.348. The van der Waals surface area contributed by atoms with E-state index in [-0.39, 0.29) is 5.97 Å². The molecule has 0 fully saturated rings. The number of carbonyl (C=O) groups excluding carboxylic acids is 1. The van der Waals surface area contributed by atoms with Gasteiger partial charge in [-0.25, -0.2) is 4.79 Å². The van der Waals surface area contributed by atoms with Crippen molar-refractivity contribution >= 4 is 23.4 Å². The van der Waals surface area contributed by atoms with Crippen LogP contribution in [0.2, 0.25) is 0 Å². The summed E-state index contributed by atoms with van der Waals surface area (Å²) in [4.78, 5) is 15.8. The Morgan fingerprint density at radius 1 is 1.04 bits per heavy atom. The summed E-state index contributed by atoms with van der Waals surface area (Å²) in [6, 6.07) is 14.6. The lowest BCUT2D eigenvalue weighted by molar-refractivity contribution is 0.0601. The minimum Gasteiger partial charge on any atom is -0.497 e. The minimum atomic E-state index is -0.385. The Balaban J connectivity index is 1.61. The van der Waals surface area contributed by atoms with Gasteiger partial charge in [-0.2, -0.15) is 10.1 Å². The van der Waals surface area contributed by atoms with Gasteiger partial charge in [0.25, 0.3) is 0 Å². The fourth-order valence-corrected chi connectivity index (χ4v) is 2.31. The van der Waals surface area contributed by atoms with Crippen LogP contribution in [-0.2, 0) is 11.3 Å². The van der Waals surface area contributed by atoms with E-state index in [1.165, 1.54) is 7.11 Å². The van der Waals surface area contributed by atoms with Gasteiger partial charge in [-0.1, -0.05) is 12.1 Å². The van der Waals surface area contributed by atoms with E-state index >= 15 is 0 Å². The van der Waals surface area contributed by atoms with Crippen LogP contribution >= 0.6 is 0 Å². The second-order valence-electron chi connectivity index (χ2n) is 5.56. The highest BCUT2D eigenvalue weighted by Gasteiger charge is 2.06. The molecule has 1 heterocycles. The van der Waals surface area contributed by atoms with Gasteiger partial charge in [-0.3, -0.25) is 0 Å². The van der Waals surface area contributed by atoms with Gasteiger partial charge in [0.05, 0.1) is 26.0 Å². The zero-order chi connectivity index (χ0) is 19.1. The largest absolute Gasteiger partial charge is 0.497 e.